The van der Waals surface area contributed by atoms with Crippen molar-refractivity contribution in [1.82, 2.24) is 9.97 Å². The minimum Gasteiger partial charge on any atom is -0.393 e. The van der Waals surface area contributed by atoms with Gasteiger partial charge in [0.05, 0.1) is 6.10 Å². The molecule has 0 aliphatic carbocycles. The van der Waals surface area contributed by atoms with E-state index in [1.807, 2.05) is 13.0 Å². The molecule has 1 aliphatic heterocycles. The summed E-state index contributed by atoms with van der Waals surface area (Å²) in [7, 11) is 0. The second-order valence-corrected chi connectivity index (χ2v) is 5.36. The summed E-state index contributed by atoms with van der Waals surface area (Å²) in [5.74, 6) is 2.93. The summed E-state index contributed by atoms with van der Waals surface area (Å²) < 4.78 is 0. The van der Waals surface area contributed by atoms with Crippen molar-refractivity contribution < 1.29 is 5.11 Å². The molecule has 0 bridgehead atoms. The first-order valence-electron chi connectivity index (χ1n) is 7.12. The first-order valence-corrected chi connectivity index (χ1v) is 7.12. The second-order valence-electron chi connectivity index (χ2n) is 5.36. The summed E-state index contributed by atoms with van der Waals surface area (Å²) in [6.07, 6.45) is 1.70. The number of rotatable bonds is 4. The number of anilines is 2. The number of aliphatic hydroxyl groups is 1. The van der Waals surface area contributed by atoms with E-state index in [0.717, 1.165) is 49.9 Å². The molecule has 2 rings (SSSR count). The molecule has 0 amide bonds. The van der Waals surface area contributed by atoms with Crippen molar-refractivity contribution in [3.05, 3.63) is 11.9 Å². The fourth-order valence-corrected chi connectivity index (χ4v) is 2.40. The van der Waals surface area contributed by atoms with E-state index in [-0.39, 0.29) is 12.0 Å². The molecular weight excluding hydrogens is 240 g/mol. The molecule has 0 spiro atoms. The van der Waals surface area contributed by atoms with Crippen LogP contribution in [-0.4, -0.2) is 40.8 Å². The van der Waals surface area contributed by atoms with Crippen molar-refractivity contribution in [2.24, 2.45) is 5.92 Å². The van der Waals surface area contributed by atoms with E-state index in [1.165, 1.54) is 0 Å². The van der Waals surface area contributed by atoms with E-state index in [9.17, 15) is 5.11 Å². The van der Waals surface area contributed by atoms with Gasteiger partial charge >= 0.3 is 0 Å². The average molecular weight is 264 g/mol. The fraction of sp³-hybridized carbons (Fsp3) is 0.714. The van der Waals surface area contributed by atoms with Gasteiger partial charge in [0, 0.05) is 25.7 Å². The van der Waals surface area contributed by atoms with Crippen molar-refractivity contribution in [3.8, 4) is 0 Å². The van der Waals surface area contributed by atoms with E-state index in [1.54, 1.807) is 0 Å². The number of aliphatic hydroxyl groups excluding tert-OH is 1. The average Bonchev–Trinajstić information content (AvgIpc) is 2.39. The van der Waals surface area contributed by atoms with Crippen LogP contribution in [0.25, 0.3) is 0 Å². The van der Waals surface area contributed by atoms with Gasteiger partial charge in [0.1, 0.15) is 17.5 Å². The van der Waals surface area contributed by atoms with Crippen LogP contribution in [0.2, 0.25) is 0 Å². The van der Waals surface area contributed by atoms with E-state index in [4.69, 9.17) is 0 Å². The first kappa shape index (κ1) is 14.1. The van der Waals surface area contributed by atoms with Gasteiger partial charge in [-0.3, -0.25) is 0 Å². The molecule has 106 valence electrons. The van der Waals surface area contributed by atoms with E-state index >= 15 is 0 Å². The molecule has 1 aromatic rings. The smallest absolute Gasteiger partial charge is 0.134 e. The molecular formula is C14H24N4O. The number of nitrogens with one attached hydrogen (secondary N) is 1. The van der Waals surface area contributed by atoms with Crippen molar-refractivity contribution in [2.75, 3.05) is 29.9 Å². The first-order chi connectivity index (χ1) is 9.10. The lowest BCUT2D eigenvalue weighted by molar-refractivity contribution is 0.0969. The Labute approximate surface area is 115 Å². The molecule has 0 saturated carbocycles. The van der Waals surface area contributed by atoms with Gasteiger partial charge in [-0.05, 0) is 25.7 Å². The third-order valence-corrected chi connectivity index (χ3v) is 3.56. The van der Waals surface area contributed by atoms with Crippen LogP contribution in [0.5, 0.6) is 0 Å². The van der Waals surface area contributed by atoms with E-state index < -0.39 is 0 Å². The van der Waals surface area contributed by atoms with Crippen LogP contribution in [0.1, 0.15) is 32.5 Å². The van der Waals surface area contributed by atoms with Crippen LogP contribution in [0, 0.1) is 12.8 Å². The Kier molecular flexibility index (Phi) is 4.58. The summed E-state index contributed by atoms with van der Waals surface area (Å²) in [5, 5.41) is 13.1. The number of piperidine rings is 1. The fourth-order valence-electron chi connectivity index (χ4n) is 2.40. The lowest BCUT2D eigenvalue weighted by Crippen LogP contribution is -2.42. The van der Waals surface area contributed by atoms with Crippen molar-refractivity contribution in [1.29, 1.82) is 0 Å². The van der Waals surface area contributed by atoms with Gasteiger partial charge < -0.3 is 15.3 Å². The minimum atomic E-state index is -0.183. The number of aromatic nitrogens is 2. The quantitative estimate of drug-likeness (QED) is 0.868. The molecule has 2 atom stereocenters. The Morgan fingerprint density at radius 3 is 2.95 bits per heavy atom. The normalized spacial score (nSPS) is 23.5. The van der Waals surface area contributed by atoms with Gasteiger partial charge in [0.2, 0.25) is 0 Å². The Bertz CT molecular complexity index is 424. The van der Waals surface area contributed by atoms with Crippen molar-refractivity contribution in [3.63, 3.8) is 0 Å². The van der Waals surface area contributed by atoms with Gasteiger partial charge in [0.25, 0.3) is 0 Å². The van der Waals surface area contributed by atoms with Gasteiger partial charge in [-0.25, -0.2) is 9.97 Å². The van der Waals surface area contributed by atoms with Crippen LogP contribution < -0.4 is 10.2 Å². The Morgan fingerprint density at radius 2 is 2.26 bits per heavy atom. The predicted molar refractivity (Wildman–Crippen MR) is 77.6 cm³/mol. The largest absolute Gasteiger partial charge is 0.393 e. The highest BCUT2D eigenvalue weighted by Gasteiger charge is 2.25. The molecule has 5 nitrogen and oxygen atoms in total. The molecule has 2 heterocycles. The predicted octanol–water partition coefficient (Wildman–Crippen LogP) is 1.81. The lowest BCUT2D eigenvalue weighted by Gasteiger charge is -2.35. The minimum absolute atomic E-state index is 0.183. The molecule has 0 radical (unpaired) electrons. The maximum atomic E-state index is 9.80. The zero-order valence-corrected chi connectivity index (χ0v) is 12.1. The SMILES string of the molecule is CCCNc1cc(N2CCC(O)C(C)C2)nc(C)n1. The van der Waals surface area contributed by atoms with Gasteiger partial charge in [0.15, 0.2) is 0 Å². The van der Waals surface area contributed by atoms with Crippen LogP contribution in [0.3, 0.4) is 0 Å². The van der Waals surface area contributed by atoms with Crippen molar-refractivity contribution in [2.45, 2.75) is 39.7 Å². The summed E-state index contributed by atoms with van der Waals surface area (Å²) >= 11 is 0. The van der Waals surface area contributed by atoms with E-state index in [2.05, 4.69) is 34.0 Å². The van der Waals surface area contributed by atoms with Crippen LogP contribution >= 0.6 is 0 Å². The molecule has 1 aromatic heterocycles. The molecule has 19 heavy (non-hydrogen) atoms. The highest BCUT2D eigenvalue weighted by atomic mass is 16.3. The Balaban J connectivity index is 2.13. The third-order valence-electron chi connectivity index (χ3n) is 3.56. The van der Waals surface area contributed by atoms with Gasteiger partial charge in [-0.1, -0.05) is 13.8 Å². The standard InChI is InChI=1S/C14H24N4O/c1-4-6-15-13-8-14(17-11(3)16-13)18-7-5-12(19)10(2)9-18/h8,10,12,19H,4-7,9H2,1-3H3,(H,15,16,17). The molecule has 5 heteroatoms. The molecule has 1 aliphatic rings. The number of aryl methyl sites for hydroxylation is 1. The number of hydrogen-bond acceptors (Lipinski definition) is 5. The summed E-state index contributed by atoms with van der Waals surface area (Å²) in [6.45, 7) is 8.77. The van der Waals surface area contributed by atoms with Crippen LogP contribution in [-0.2, 0) is 0 Å². The van der Waals surface area contributed by atoms with Gasteiger partial charge in [-0.15, -0.1) is 0 Å². The summed E-state index contributed by atoms with van der Waals surface area (Å²) in [5.41, 5.74) is 0. The van der Waals surface area contributed by atoms with Crippen LogP contribution in [0.15, 0.2) is 6.07 Å². The van der Waals surface area contributed by atoms with Crippen LogP contribution in [0.4, 0.5) is 11.6 Å². The maximum Gasteiger partial charge on any atom is 0.134 e. The number of hydrogen-bond donors (Lipinski definition) is 2. The third kappa shape index (κ3) is 3.56. The summed E-state index contributed by atoms with van der Waals surface area (Å²) in [4.78, 5) is 11.2. The maximum absolute atomic E-state index is 9.80. The zero-order valence-electron chi connectivity index (χ0n) is 12.1. The van der Waals surface area contributed by atoms with Crippen molar-refractivity contribution >= 4 is 11.6 Å². The van der Waals surface area contributed by atoms with E-state index in [0.29, 0.717) is 0 Å². The lowest BCUT2D eigenvalue weighted by atomic mass is 9.97. The molecule has 1 saturated heterocycles. The molecule has 2 unspecified atom stereocenters. The van der Waals surface area contributed by atoms with Gasteiger partial charge in [-0.2, -0.15) is 0 Å². The topological polar surface area (TPSA) is 61.3 Å². The monoisotopic (exact) mass is 264 g/mol. The molecule has 2 N–H and O–H groups in total. The zero-order chi connectivity index (χ0) is 13.8. The second kappa shape index (κ2) is 6.19. The number of nitrogens with zero attached hydrogens (tertiary/aromatic N) is 3. The highest BCUT2D eigenvalue weighted by Crippen LogP contribution is 2.23. The molecule has 0 aromatic carbocycles. The Morgan fingerprint density at radius 1 is 1.47 bits per heavy atom. The Hall–Kier alpha value is -1.36. The molecule has 1 fully saturated rings. The summed E-state index contributed by atoms with van der Waals surface area (Å²) in [6, 6.07) is 2.01. The highest BCUT2D eigenvalue weighted by molar-refractivity contribution is 5.49.